The molecule has 0 saturated carbocycles. The average molecular weight is 204 g/mol. The highest BCUT2D eigenvalue weighted by atomic mass is 16.1. The van der Waals surface area contributed by atoms with Crippen molar-refractivity contribution in [2.45, 2.75) is 6.92 Å². The van der Waals surface area contributed by atoms with Gasteiger partial charge in [-0.3, -0.25) is 4.79 Å². The van der Waals surface area contributed by atoms with Gasteiger partial charge in [-0.15, -0.1) is 0 Å². The van der Waals surface area contributed by atoms with Gasteiger partial charge in [0.25, 0.3) is 0 Å². The Morgan fingerprint density at radius 1 is 1.40 bits per heavy atom. The quantitative estimate of drug-likeness (QED) is 0.799. The fourth-order valence-electron chi connectivity index (χ4n) is 1.41. The molecule has 2 rings (SSSR count). The molecule has 0 spiro atoms. The van der Waals surface area contributed by atoms with Gasteiger partial charge in [-0.1, -0.05) is 5.22 Å². The second kappa shape index (κ2) is 4.08. The van der Waals surface area contributed by atoms with Gasteiger partial charge in [-0.25, -0.2) is 5.01 Å². The third kappa shape index (κ3) is 2.31. The van der Waals surface area contributed by atoms with Gasteiger partial charge >= 0.3 is 0 Å². The van der Waals surface area contributed by atoms with Crippen molar-refractivity contribution in [1.29, 1.82) is 0 Å². The molecule has 0 atom stereocenters. The SMILES string of the molecule is CC(=O)Nc1ccc(N2CCN=N2)cc1. The summed E-state index contributed by atoms with van der Waals surface area (Å²) in [5.41, 5.74) is 1.78. The van der Waals surface area contributed by atoms with Gasteiger partial charge < -0.3 is 5.32 Å². The molecule has 1 N–H and O–H groups in total. The Balaban J connectivity index is 2.09. The van der Waals surface area contributed by atoms with Crippen molar-refractivity contribution in [1.82, 2.24) is 0 Å². The second-order valence-electron chi connectivity index (χ2n) is 3.31. The van der Waals surface area contributed by atoms with Crippen molar-refractivity contribution in [3.05, 3.63) is 24.3 Å². The molecule has 1 aliphatic rings. The van der Waals surface area contributed by atoms with Crippen molar-refractivity contribution in [3.8, 4) is 0 Å². The van der Waals surface area contributed by atoms with E-state index < -0.39 is 0 Å². The van der Waals surface area contributed by atoms with Crippen molar-refractivity contribution in [2.24, 2.45) is 10.3 Å². The first-order chi connectivity index (χ1) is 7.25. The minimum atomic E-state index is -0.0661. The Bertz CT molecular complexity index is 385. The zero-order valence-corrected chi connectivity index (χ0v) is 8.47. The van der Waals surface area contributed by atoms with Crippen LogP contribution >= 0.6 is 0 Å². The van der Waals surface area contributed by atoms with Gasteiger partial charge in [0.05, 0.1) is 18.8 Å². The van der Waals surface area contributed by atoms with Crippen molar-refractivity contribution < 1.29 is 4.79 Å². The van der Waals surface area contributed by atoms with Gasteiger partial charge in [0.2, 0.25) is 5.91 Å². The third-order valence-electron chi connectivity index (χ3n) is 2.07. The van der Waals surface area contributed by atoms with Crippen LogP contribution in [-0.4, -0.2) is 19.0 Å². The summed E-state index contributed by atoms with van der Waals surface area (Å²) in [5, 5.41) is 12.4. The topological polar surface area (TPSA) is 57.1 Å². The van der Waals surface area contributed by atoms with Crippen LogP contribution in [0, 0.1) is 0 Å². The van der Waals surface area contributed by atoms with E-state index in [-0.39, 0.29) is 5.91 Å². The van der Waals surface area contributed by atoms with Crippen LogP contribution in [0.2, 0.25) is 0 Å². The van der Waals surface area contributed by atoms with E-state index in [1.54, 1.807) is 0 Å². The summed E-state index contributed by atoms with van der Waals surface area (Å²) in [6, 6.07) is 7.53. The highest BCUT2D eigenvalue weighted by molar-refractivity contribution is 5.88. The molecule has 0 bridgehead atoms. The van der Waals surface area contributed by atoms with E-state index in [0.717, 1.165) is 24.5 Å². The molecule has 0 aliphatic carbocycles. The largest absolute Gasteiger partial charge is 0.326 e. The molecular weight excluding hydrogens is 192 g/mol. The van der Waals surface area contributed by atoms with Crippen molar-refractivity contribution in [3.63, 3.8) is 0 Å². The van der Waals surface area contributed by atoms with Crippen LogP contribution in [0.25, 0.3) is 0 Å². The van der Waals surface area contributed by atoms with Crippen LogP contribution in [-0.2, 0) is 4.79 Å². The lowest BCUT2D eigenvalue weighted by Crippen LogP contribution is -2.13. The van der Waals surface area contributed by atoms with Gasteiger partial charge in [0.1, 0.15) is 0 Å². The van der Waals surface area contributed by atoms with E-state index >= 15 is 0 Å². The molecule has 5 heteroatoms. The van der Waals surface area contributed by atoms with E-state index in [1.807, 2.05) is 29.3 Å². The summed E-state index contributed by atoms with van der Waals surface area (Å²) >= 11 is 0. The first-order valence-corrected chi connectivity index (χ1v) is 4.78. The number of benzene rings is 1. The van der Waals surface area contributed by atoms with Crippen LogP contribution in [0.15, 0.2) is 34.6 Å². The maximum atomic E-state index is 10.8. The van der Waals surface area contributed by atoms with E-state index in [0.29, 0.717) is 0 Å². The zero-order valence-electron chi connectivity index (χ0n) is 8.47. The maximum Gasteiger partial charge on any atom is 0.221 e. The standard InChI is InChI=1S/C10H12N4O/c1-8(15)12-9-2-4-10(5-3-9)14-7-6-11-13-14/h2-5H,6-7H2,1H3,(H,12,15). The lowest BCUT2D eigenvalue weighted by atomic mass is 10.2. The van der Waals surface area contributed by atoms with Crippen LogP contribution in [0.4, 0.5) is 11.4 Å². The number of carbonyl (C=O) groups is 1. The number of anilines is 2. The highest BCUT2D eigenvalue weighted by Gasteiger charge is 2.09. The zero-order chi connectivity index (χ0) is 10.7. The normalized spacial score (nSPS) is 14.3. The molecule has 78 valence electrons. The number of rotatable bonds is 2. The fraction of sp³-hybridized carbons (Fsp3) is 0.300. The van der Waals surface area contributed by atoms with Crippen molar-refractivity contribution >= 4 is 17.3 Å². The van der Waals surface area contributed by atoms with E-state index in [4.69, 9.17) is 0 Å². The predicted molar refractivity (Wildman–Crippen MR) is 57.8 cm³/mol. The summed E-state index contributed by atoms with van der Waals surface area (Å²) in [7, 11) is 0. The molecule has 15 heavy (non-hydrogen) atoms. The number of hydrogen-bond donors (Lipinski definition) is 1. The summed E-state index contributed by atoms with van der Waals surface area (Å²) in [4.78, 5) is 10.8. The summed E-state index contributed by atoms with van der Waals surface area (Å²) in [5.74, 6) is -0.0661. The van der Waals surface area contributed by atoms with Crippen LogP contribution in [0.5, 0.6) is 0 Å². The predicted octanol–water partition coefficient (Wildman–Crippen LogP) is 1.83. The Morgan fingerprint density at radius 2 is 2.13 bits per heavy atom. The molecule has 0 fully saturated rings. The lowest BCUT2D eigenvalue weighted by molar-refractivity contribution is -0.114. The Hall–Kier alpha value is -1.91. The monoisotopic (exact) mass is 204 g/mol. The highest BCUT2D eigenvalue weighted by Crippen LogP contribution is 2.20. The second-order valence-corrected chi connectivity index (χ2v) is 3.31. The Labute approximate surface area is 87.8 Å². The van der Waals surface area contributed by atoms with Gasteiger partial charge in [0.15, 0.2) is 0 Å². The molecule has 1 aromatic rings. The lowest BCUT2D eigenvalue weighted by Gasteiger charge is -2.11. The Kier molecular flexibility index (Phi) is 2.62. The molecule has 1 aliphatic heterocycles. The van der Waals surface area contributed by atoms with Crippen molar-refractivity contribution in [2.75, 3.05) is 23.4 Å². The van der Waals surface area contributed by atoms with Gasteiger partial charge in [0, 0.05) is 12.6 Å². The fourth-order valence-corrected chi connectivity index (χ4v) is 1.41. The number of amides is 1. The molecule has 0 radical (unpaired) electrons. The number of hydrogen-bond acceptors (Lipinski definition) is 4. The molecule has 1 aromatic carbocycles. The maximum absolute atomic E-state index is 10.8. The number of nitrogens with one attached hydrogen (secondary N) is 1. The summed E-state index contributed by atoms with van der Waals surface area (Å²) in [6.45, 7) is 3.05. The summed E-state index contributed by atoms with van der Waals surface area (Å²) in [6.07, 6.45) is 0. The molecule has 1 heterocycles. The first-order valence-electron chi connectivity index (χ1n) is 4.78. The van der Waals surface area contributed by atoms with Crippen LogP contribution < -0.4 is 10.3 Å². The van der Waals surface area contributed by atoms with Crippen LogP contribution in [0.3, 0.4) is 0 Å². The van der Waals surface area contributed by atoms with Gasteiger partial charge in [-0.2, -0.15) is 5.11 Å². The van der Waals surface area contributed by atoms with Gasteiger partial charge in [-0.05, 0) is 24.3 Å². The molecule has 5 nitrogen and oxygen atoms in total. The average Bonchev–Trinajstić information content (AvgIpc) is 2.71. The number of nitrogens with zero attached hydrogens (tertiary/aromatic N) is 3. The molecule has 1 amide bonds. The Morgan fingerprint density at radius 3 is 2.67 bits per heavy atom. The molecule has 0 saturated heterocycles. The first kappa shape index (κ1) is 9.64. The minimum Gasteiger partial charge on any atom is -0.326 e. The molecule has 0 aromatic heterocycles. The summed E-state index contributed by atoms with van der Waals surface area (Å²) < 4.78 is 0. The third-order valence-corrected chi connectivity index (χ3v) is 2.07. The smallest absolute Gasteiger partial charge is 0.221 e. The minimum absolute atomic E-state index is 0.0661. The molecular formula is C10H12N4O. The van der Waals surface area contributed by atoms with Crippen LogP contribution in [0.1, 0.15) is 6.92 Å². The van der Waals surface area contributed by atoms with E-state index in [9.17, 15) is 4.79 Å². The van der Waals surface area contributed by atoms with E-state index in [1.165, 1.54) is 6.92 Å². The molecule has 0 unspecified atom stereocenters. The number of carbonyl (C=O) groups excluding carboxylic acids is 1. The van der Waals surface area contributed by atoms with E-state index in [2.05, 4.69) is 15.7 Å².